The van der Waals surface area contributed by atoms with Gasteiger partial charge in [-0.1, -0.05) is 6.42 Å². The number of nitrogens with zero attached hydrogens (tertiary/aromatic N) is 1. The molecule has 0 aliphatic heterocycles. The molecule has 1 aromatic heterocycles. The Bertz CT molecular complexity index is 563. The molecule has 118 valence electrons. The lowest BCUT2D eigenvalue weighted by Crippen LogP contribution is -2.39. The summed E-state index contributed by atoms with van der Waals surface area (Å²) in [5.74, 6) is 0.421. The van der Waals surface area contributed by atoms with Crippen molar-refractivity contribution < 1.29 is 8.42 Å². The van der Waals surface area contributed by atoms with Gasteiger partial charge in [-0.25, -0.2) is 18.1 Å². The zero-order valence-electron chi connectivity index (χ0n) is 12.5. The highest BCUT2D eigenvalue weighted by Gasteiger charge is 2.27. The van der Waals surface area contributed by atoms with E-state index in [-0.39, 0.29) is 10.9 Å². The summed E-state index contributed by atoms with van der Waals surface area (Å²) >= 11 is 1.82. The highest BCUT2D eigenvalue weighted by Crippen LogP contribution is 2.28. The second-order valence-corrected chi connectivity index (χ2v) is 8.04. The fourth-order valence-electron chi connectivity index (χ4n) is 2.66. The van der Waals surface area contributed by atoms with Crippen LogP contribution < -0.4 is 10.0 Å². The fraction of sp³-hybridized carbons (Fsp3) is 0.643. The Hall–Kier alpha value is -0.790. The molecule has 1 saturated carbocycles. The molecule has 1 aliphatic rings. The number of thioether (sulfide) groups is 1. The van der Waals surface area contributed by atoms with Gasteiger partial charge < -0.3 is 5.32 Å². The molecule has 2 rings (SSSR count). The van der Waals surface area contributed by atoms with Gasteiger partial charge in [0.1, 0.15) is 10.7 Å². The van der Waals surface area contributed by atoms with Crippen molar-refractivity contribution in [1.82, 2.24) is 9.71 Å². The maximum absolute atomic E-state index is 12.6. The molecule has 0 amide bonds. The third-order valence-corrected chi connectivity index (χ3v) is 6.33. The van der Waals surface area contributed by atoms with Crippen molar-refractivity contribution in [1.29, 1.82) is 0 Å². The van der Waals surface area contributed by atoms with E-state index in [0.29, 0.717) is 17.6 Å². The van der Waals surface area contributed by atoms with Crippen molar-refractivity contribution in [2.45, 2.75) is 48.8 Å². The second-order valence-electron chi connectivity index (χ2n) is 5.22. The number of aromatic nitrogens is 1. The molecule has 2 atom stereocenters. The zero-order chi connectivity index (χ0) is 15.3. The summed E-state index contributed by atoms with van der Waals surface area (Å²) in [7, 11) is -3.53. The van der Waals surface area contributed by atoms with E-state index in [1.54, 1.807) is 18.3 Å². The highest BCUT2D eigenvalue weighted by molar-refractivity contribution is 7.99. The van der Waals surface area contributed by atoms with Crippen LogP contribution in [0.3, 0.4) is 0 Å². The Balaban J connectivity index is 2.15. The smallest absolute Gasteiger partial charge is 0.244 e. The minimum Gasteiger partial charge on any atom is -0.369 e. The molecule has 1 heterocycles. The Morgan fingerprint density at radius 1 is 1.43 bits per heavy atom. The van der Waals surface area contributed by atoms with Gasteiger partial charge in [0, 0.05) is 24.0 Å². The number of rotatable bonds is 6. The number of pyridine rings is 1. The molecule has 1 aliphatic carbocycles. The molecule has 0 aromatic carbocycles. The van der Waals surface area contributed by atoms with Crippen LogP contribution in [0, 0.1) is 0 Å². The van der Waals surface area contributed by atoms with Crippen LogP contribution in [0.5, 0.6) is 0 Å². The standard InChI is InChI=1S/C14H23N3O2S2/c1-3-15-14-13(8-5-9-16-14)21(18,19)17-11-6-4-7-12(10-11)20-2/h5,8-9,11-12,17H,3-4,6-7,10H2,1-2H3,(H,15,16). The normalized spacial score (nSPS) is 23.0. The van der Waals surface area contributed by atoms with Crippen molar-refractivity contribution in [3.05, 3.63) is 18.3 Å². The van der Waals surface area contributed by atoms with E-state index < -0.39 is 10.0 Å². The average Bonchev–Trinajstić information content (AvgIpc) is 2.48. The second kappa shape index (κ2) is 7.47. The Morgan fingerprint density at radius 3 is 2.95 bits per heavy atom. The van der Waals surface area contributed by atoms with Crippen LogP contribution in [-0.4, -0.2) is 37.5 Å². The summed E-state index contributed by atoms with van der Waals surface area (Å²) < 4.78 is 28.0. The van der Waals surface area contributed by atoms with Gasteiger partial charge in [-0.2, -0.15) is 11.8 Å². The van der Waals surface area contributed by atoms with E-state index in [9.17, 15) is 8.42 Å². The van der Waals surface area contributed by atoms with Gasteiger partial charge in [-0.15, -0.1) is 0 Å². The summed E-state index contributed by atoms with van der Waals surface area (Å²) in [6, 6.07) is 3.28. The third kappa shape index (κ3) is 4.34. The molecule has 1 fully saturated rings. The van der Waals surface area contributed by atoms with Crippen molar-refractivity contribution >= 4 is 27.6 Å². The first-order valence-corrected chi connectivity index (χ1v) is 10.1. The van der Waals surface area contributed by atoms with Crippen LogP contribution in [0.4, 0.5) is 5.82 Å². The van der Waals surface area contributed by atoms with Gasteiger partial charge in [-0.3, -0.25) is 0 Å². The van der Waals surface area contributed by atoms with Gasteiger partial charge in [0.15, 0.2) is 0 Å². The number of anilines is 1. The maximum atomic E-state index is 12.6. The van der Waals surface area contributed by atoms with Crippen LogP contribution in [-0.2, 0) is 10.0 Å². The number of sulfonamides is 1. The van der Waals surface area contributed by atoms with Crippen molar-refractivity contribution in [2.75, 3.05) is 18.1 Å². The summed E-state index contributed by atoms with van der Waals surface area (Å²) in [4.78, 5) is 4.36. The minimum absolute atomic E-state index is 0.0240. The molecule has 7 heteroatoms. The number of hydrogen-bond acceptors (Lipinski definition) is 5. The SMILES string of the molecule is CCNc1ncccc1S(=O)(=O)NC1CCCC(SC)C1. The predicted octanol–water partition coefficient (Wildman–Crippen LogP) is 2.47. The maximum Gasteiger partial charge on any atom is 0.244 e. The number of nitrogens with one attached hydrogen (secondary N) is 2. The molecule has 0 radical (unpaired) electrons. The quantitative estimate of drug-likeness (QED) is 0.839. The first-order valence-electron chi connectivity index (χ1n) is 7.31. The lowest BCUT2D eigenvalue weighted by atomic mass is 9.96. The number of hydrogen-bond donors (Lipinski definition) is 2. The van der Waals surface area contributed by atoms with Crippen LogP contribution in [0.1, 0.15) is 32.6 Å². The molecular weight excluding hydrogens is 306 g/mol. The molecule has 0 saturated heterocycles. The summed E-state index contributed by atoms with van der Waals surface area (Å²) in [5, 5.41) is 3.55. The molecule has 0 spiro atoms. The van der Waals surface area contributed by atoms with E-state index in [1.165, 1.54) is 6.42 Å². The monoisotopic (exact) mass is 329 g/mol. The highest BCUT2D eigenvalue weighted by atomic mass is 32.2. The largest absolute Gasteiger partial charge is 0.369 e. The van der Waals surface area contributed by atoms with E-state index in [1.807, 2.05) is 18.7 Å². The van der Waals surface area contributed by atoms with Crippen molar-refractivity contribution in [3.8, 4) is 0 Å². The van der Waals surface area contributed by atoms with Crippen LogP contribution in [0.2, 0.25) is 0 Å². The lowest BCUT2D eigenvalue weighted by molar-refractivity contribution is 0.421. The minimum atomic E-state index is -3.53. The van der Waals surface area contributed by atoms with Crippen molar-refractivity contribution in [3.63, 3.8) is 0 Å². The fourth-order valence-corrected chi connectivity index (χ4v) is 4.90. The topological polar surface area (TPSA) is 71.1 Å². The molecule has 5 nitrogen and oxygen atoms in total. The summed E-state index contributed by atoms with van der Waals surface area (Å²) in [6.45, 7) is 2.56. The van der Waals surface area contributed by atoms with E-state index >= 15 is 0 Å². The van der Waals surface area contributed by atoms with E-state index in [0.717, 1.165) is 19.3 Å². The van der Waals surface area contributed by atoms with Crippen LogP contribution in [0.25, 0.3) is 0 Å². The molecule has 0 bridgehead atoms. The molecule has 2 unspecified atom stereocenters. The molecule has 2 N–H and O–H groups in total. The van der Waals surface area contributed by atoms with E-state index in [4.69, 9.17) is 0 Å². The molecule has 1 aromatic rings. The van der Waals surface area contributed by atoms with Gasteiger partial charge >= 0.3 is 0 Å². The van der Waals surface area contributed by atoms with Gasteiger partial charge in [0.2, 0.25) is 10.0 Å². The first-order chi connectivity index (χ1) is 10.1. The Labute approximate surface area is 131 Å². The van der Waals surface area contributed by atoms with Crippen molar-refractivity contribution in [2.24, 2.45) is 0 Å². The summed E-state index contributed by atoms with van der Waals surface area (Å²) in [6.07, 6.45) is 7.75. The van der Waals surface area contributed by atoms with Crippen LogP contribution >= 0.6 is 11.8 Å². The van der Waals surface area contributed by atoms with E-state index in [2.05, 4.69) is 21.3 Å². The summed E-state index contributed by atoms with van der Waals surface area (Å²) in [5.41, 5.74) is 0. The van der Waals surface area contributed by atoms with Gasteiger partial charge in [0.05, 0.1) is 0 Å². The Kier molecular flexibility index (Phi) is 5.89. The predicted molar refractivity (Wildman–Crippen MR) is 88.3 cm³/mol. The first kappa shape index (κ1) is 16.6. The van der Waals surface area contributed by atoms with Crippen LogP contribution in [0.15, 0.2) is 23.2 Å². The third-order valence-electron chi connectivity index (χ3n) is 3.69. The zero-order valence-corrected chi connectivity index (χ0v) is 14.1. The molecular formula is C14H23N3O2S2. The van der Waals surface area contributed by atoms with Gasteiger partial charge in [0.25, 0.3) is 0 Å². The van der Waals surface area contributed by atoms with Gasteiger partial charge in [-0.05, 0) is 44.6 Å². The lowest BCUT2D eigenvalue weighted by Gasteiger charge is -2.28. The Morgan fingerprint density at radius 2 is 2.24 bits per heavy atom. The molecule has 21 heavy (non-hydrogen) atoms. The average molecular weight is 329 g/mol.